The first kappa shape index (κ1) is 36.6. The summed E-state index contributed by atoms with van der Waals surface area (Å²) in [5.74, 6) is 3.27. The van der Waals surface area contributed by atoms with Crippen LogP contribution in [0.25, 0.3) is 11.1 Å². The Balaban J connectivity index is 1.56. The first-order valence-electron chi connectivity index (χ1n) is 19.0. The minimum atomic E-state index is -3.02. The standard InChI is InChI=1S/C52H45ClP2/c53-40-43-24-20-22-38-52(43)51-37-21-19-23-42(51)39-50(55(47-31-13-4-14-32-47,48-33-15-5-16-34-48)49-35-17-6-18-36-49)41-54(44-25-7-1-8-26-44,45-27-9-2-10-28-45)46-29-11-3-12-30-46/h1-38,41,54-55H,39-40H2/b50-41-. The normalized spacial score (nSPS) is 12.6. The molecule has 0 aromatic heterocycles. The number of benzene rings is 8. The maximum atomic E-state index is 6.64. The molecule has 0 radical (unpaired) electrons. The molecule has 0 bridgehead atoms. The summed E-state index contributed by atoms with van der Waals surface area (Å²) in [7, 11) is -5.93. The number of rotatable bonds is 12. The first-order chi connectivity index (χ1) is 27.2. The van der Waals surface area contributed by atoms with Gasteiger partial charge in [-0.25, -0.2) is 0 Å². The van der Waals surface area contributed by atoms with E-state index in [-0.39, 0.29) is 0 Å². The van der Waals surface area contributed by atoms with Gasteiger partial charge in [0.1, 0.15) is 0 Å². The molecule has 0 fully saturated rings. The molecular formula is C52H45ClP2. The summed E-state index contributed by atoms with van der Waals surface area (Å²) in [4.78, 5) is 0. The van der Waals surface area contributed by atoms with Gasteiger partial charge in [0.2, 0.25) is 0 Å². The van der Waals surface area contributed by atoms with Gasteiger partial charge in [0.25, 0.3) is 0 Å². The van der Waals surface area contributed by atoms with Crippen LogP contribution in [0.15, 0.2) is 242 Å². The van der Waals surface area contributed by atoms with Gasteiger partial charge in [0.15, 0.2) is 0 Å². The zero-order chi connectivity index (χ0) is 37.3. The second-order valence-corrected chi connectivity index (χ2v) is 21.8. The molecule has 0 spiro atoms. The summed E-state index contributed by atoms with van der Waals surface area (Å²) in [6.45, 7) is 0. The molecule has 3 heteroatoms. The Morgan fingerprint density at radius 2 is 0.636 bits per heavy atom. The van der Waals surface area contributed by atoms with E-state index in [2.05, 4.69) is 236 Å². The van der Waals surface area contributed by atoms with Crippen LogP contribution < -0.4 is 31.8 Å². The van der Waals surface area contributed by atoms with Gasteiger partial charge < -0.3 is 0 Å². The van der Waals surface area contributed by atoms with Crippen molar-refractivity contribution in [2.45, 2.75) is 12.3 Å². The Morgan fingerprint density at radius 1 is 0.345 bits per heavy atom. The molecule has 8 aromatic rings. The third-order valence-corrected chi connectivity index (χ3v) is 21.0. The van der Waals surface area contributed by atoms with Crippen molar-refractivity contribution in [3.8, 4) is 11.1 Å². The molecule has 8 rings (SSSR count). The fourth-order valence-corrected chi connectivity index (χ4v) is 19.2. The molecule has 0 amide bonds. The first-order valence-corrected chi connectivity index (χ1v) is 23.6. The molecule has 55 heavy (non-hydrogen) atoms. The van der Waals surface area contributed by atoms with Gasteiger partial charge in [-0.3, -0.25) is 0 Å². The average Bonchev–Trinajstić information content (AvgIpc) is 3.28. The van der Waals surface area contributed by atoms with Gasteiger partial charge in [-0.15, -0.1) is 0 Å². The third-order valence-electron chi connectivity index (χ3n) is 11.0. The summed E-state index contributed by atoms with van der Waals surface area (Å²) in [5.41, 5.74) is 4.86. The number of allylic oxidation sites excluding steroid dienone is 1. The molecular weight excluding hydrogens is 722 g/mol. The van der Waals surface area contributed by atoms with Crippen LogP contribution in [0.5, 0.6) is 0 Å². The molecule has 270 valence electrons. The van der Waals surface area contributed by atoms with E-state index in [0.717, 1.165) is 12.0 Å². The molecule has 0 saturated heterocycles. The van der Waals surface area contributed by atoms with Crippen molar-refractivity contribution in [2.75, 3.05) is 0 Å². The Kier molecular flexibility index (Phi) is 11.3. The second-order valence-electron chi connectivity index (χ2n) is 14.0. The third kappa shape index (κ3) is 7.15. The molecule has 0 aliphatic rings. The predicted molar refractivity (Wildman–Crippen MR) is 246 cm³/mol. The van der Waals surface area contributed by atoms with Gasteiger partial charge in [0.05, 0.1) is 0 Å². The zero-order valence-corrected chi connectivity index (χ0v) is 33.6. The van der Waals surface area contributed by atoms with E-state index in [0.29, 0.717) is 5.88 Å². The maximum absolute atomic E-state index is 6.64. The van der Waals surface area contributed by atoms with Crippen molar-refractivity contribution in [3.63, 3.8) is 0 Å². The average molecular weight is 767 g/mol. The summed E-state index contributed by atoms with van der Waals surface area (Å²) >= 11 is 6.64. The van der Waals surface area contributed by atoms with E-state index in [1.54, 1.807) is 0 Å². The van der Waals surface area contributed by atoms with Crippen LogP contribution in [0.4, 0.5) is 0 Å². The van der Waals surface area contributed by atoms with E-state index in [9.17, 15) is 0 Å². The van der Waals surface area contributed by atoms with Gasteiger partial charge in [-0.05, 0) is 0 Å². The summed E-state index contributed by atoms with van der Waals surface area (Å²) < 4.78 is 0. The SMILES string of the molecule is ClCc1ccccc1-c1ccccc1C/C(=C/[PH](c1ccccc1)(c1ccccc1)c1ccccc1)[PH](c1ccccc1)(c1ccccc1)c1ccccc1. The topological polar surface area (TPSA) is 0 Å². The quantitative estimate of drug-likeness (QED) is 0.0858. The van der Waals surface area contributed by atoms with Crippen LogP contribution in [0, 0.1) is 0 Å². The van der Waals surface area contributed by atoms with Crippen molar-refractivity contribution in [1.82, 2.24) is 0 Å². The van der Waals surface area contributed by atoms with Crippen LogP contribution in [0.3, 0.4) is 0 Å². The number of alkyl halides is 1. The van der Waals surface area contributed by atoms with E-state index < -0.39 is 14.5 Å². The zero-order valence-electron chi connectivity index (χ0n) is 30.8. The van der Waals surface area contributed by atoms with Crippen molar-refractivity contribution in [2.24, 2.45) is 0 Å². The van der Waals surface area contributed by atoms with Crippen molar-refractivity contribution in [3.05, 3.63) is 253 Å². The van der Waals surface area contributed by atoms with E-state index >= 15 is 0 Å². The number of hydrogen-bond acceptors (Lipinski definition) is 0. The monoisotopic (exact) mass is 766 g/mol. The molecule has 0 aliphatic heterocycles. The van der Waals surface area contributed by atoms with Crippen molar-refractivity contribution >= 4 is 58.0 Å². The second kappa shape index (κ2) is 17.0. The van der Waals surface area contributed by atoms with E-state index in [4.69, 9.17) is 11.6 Å². The molecule has 0 saturated carbocycles. The molecule has 0 aliphatic carbocycles. The van der Waals surface area contributed by atoms with Gasteiger partial charge in [0, 0.05) is 0 Å². The van der Waals surface area contributed by atoms with Crippen LogP contribution in [0.1, 0.15) is 11.1 Å². The summed E-state index contributed by atoms with van der Waals surface area (Å²) in [5, 5.41) is 9.67. The van der Waals surface area contributed by atoms with Crippen molar-refractivity contribution < 1.29 is 0 Å². The van der Waals surface area contributed by atoms with Crippen LogP contribution in [0.2, 0.25) is 0 Å². The van der Waals surface area contributed by atoms with Gasteiger partial charge in [-0.2, -0.15) is 0 Å². The van der Waals surface area contributed by atoms with E-state index in [1.165, 1.54) is 53.8 Å². The molecule has 0 N–H and O–H groups in total. The van der Waals surface area contributed by atoms with Crippen LogP contribution in [-0.2, 0) is 12.3 Å². The molecule has 0 atom stereocenters. The van der Waals surface area contributed by atoms with Gasteiger partial charge >= 0.3 is 334 Å². The van der Waals surface area contributed by atoms with Crippen LogP contribution in [-0.4, -0.2) is 0 Å². The summed E-state index contributed by atoms with van der Waals surface area (Å²) in [6.07, 6.45) is 0.763. The minimum absolute atomic E-state index is 0.454. The Morgan fingerprint density at radius 3 is 1.00 bits per heavy atom. The fraction of sp³-hybridized carbons (Fsp3) is 0.0385. The van der Waals surface area contributed by atoms with Gasteiger partial charge in [-0.1, -0.05) is 0 Å². The van der Waals surface area contributed by atoms with Crippen LogP contribution >= 0.6 is 26.1 Å². The number of hydrogen-bond donors (Lipinski definition) is 0. The summed E-state index contributed by atoms with van der Waals surface area (Å²) in [6, 6.07) is 85.6. The number of halogens is 1. The Hall–Kier alpha value is -5.35. The molecule has 0 nitrogen and oxygen atoms in total. The molecule has 0 heterocycles. The molecule has 0 unspecified atom stereocenters. The Bertz CT molecular complexity index is 2270. The van der Waals surface area contributed by atoms with E-state index in [1.807, 2.05) is 0 Å². The van der Waals surface area contributed by atoms with Crippen molar-refractivity contribution in [1.29, 1.82) is 0 Å². The fourth-order valence-electron chi connectivity index (χ4n) is 8.57. The Labute approximate surface area is 332 Å². The molecule has 8 aromatic carbocycles. The predicted octanol–water partition coefficient (Wildman–Crippen LogP) is 10.9.